The molecule has 12 heteroatoms. The number of hydrogen-bond acceptors (Lipinski definition) is 8. The highest BCUT2D eigenvalue weighted by Crippen LogP contribution is 2.50. The highest BCUT2D eigenvalue weighted by molar-refractivity contribution is 5.83. The number of carbonyl (C=O) groups is 1. The zero-order chi connectivity index (χ0) is 25.4. The average molecular weight is 491 g/mol. The molecule has 0 saturated heterocycles. The van der Waals surface area contributed by atoms with Gasteiger partial charge in [0.25, 0.3) is 0 Å². The van der Waals surface area contributed by atoms with E-state index >= 15 is 0 Å². The van der Waals surface area contributed by atoms with Crippen molar-refractivity contribution in [1.82, 2.24) is 45.2 Å². The zero-order valence-corrected chi connectivity index (χ0v) is 20.4. The van der Waals surface area contributed by atoms with E-state index in [0.29, 0.717) is 36.0 Å². The maximum atomic E-state index is 13.2. The third-order valence-electron chi connectivity index (χ3n) is 6.38. The Kier molecular flexibility index (Phi) is 5.94. The SMILES string of the molecule is Cc1cc(Nc2cc(C)[nH]n2)nc(C2CC(C)(C(=O)N[C@@H](C)c3cnc(-n4cc(F)cn4)cn3)C2)n1. The van der Waals surface area contributed by atoms with Crippen LogP contribution in [0.25, 0.3) is 5.82 Å². The van der Waals surface area contributed by atoms with Crippen LogP contribution in [-0.4, -0.2) is 45.8 Å². The Balaban J connectivity index is 1.20. The molecule has 0 radical (unpaired) electrons. The first-order valence-corrected chi connectivity index (χ1v) is 11.7. The summed E-state index contributed by atoms with van der Waals surface area (Å²) in [6.07, 6.45) is 6.66. The maximum absolute atomic E-state index is 13.2. The van der Waals surface area contributed by atoms with E-state index in [9.17, 15) is 9.18 Å². The van der Waals surface area contributed by atoms with Crippen LogP contribution < -0.4 is 10.6 Å². The Morgan fingerprint density at radius 2 is 1.97 bits per heavy atom. The number of carbonyl (C=O) groups excluding carboxylic acids is 1. The molecule has 4 aromatic heterocycles. The fourth-order valence-electron chi connectivity index (χ4n) is 4.39. The van der Waals surface area contributed by atoms with Crippen molar-refractivity contribution in [2.75, 3.05) is 5.32 Å². The third kappa shape index (κ3) is 4.79. The molecule has 1 fully saturated rings. The van der Waals surface area contributed by atoms with Gasteiger partial charge in [-0.25, -0.2) is 24.0 Å². The number of aryl methyl sites for hydroxylation is 2. The van der Waals surface area contributed by atoms with Crippen molar-refractivity contribution in [1.29, 1.82) is 0 Å². The van der Waals surface area contributed by atoms with Gasteiger partial charge in [-0.15, -0.1) is 0 Å². The molecule has 0 aromatic carbocycles. The van der Waals surface area contributed by atoms with Gasteiger partial charge in [0.15, 0.2) is 17.5 Å². The fraction of sp³-hybridized carbons (Fsp3) is 0.375. The van der Waals surface area contributed by atoms with E-state index in [2.05, 4.69) is 45.9 Å². The van der Waals surface area contributed by atoms with Crippen molar-refractivity contribution in [2.24, 2.45) is 5.41 Å². The number of anilines is 2. The Morgan fingerprint density at radius 3 is 2.61 bits per heavy atom. The molecule has 0 spiro atoms. The summed E-state index contributed by atoms with van der Waals surface area (Å²) in [5.74, 6) is 2.07. The van der Waals surface area contributed by atoms with Crippen LogP contribution in [0.3, 0.4) is 0 Å². The highest BCUT2D eigenvalue weighted by atomic mass is 19.1. The van der Waals surface area contributed by atoms with E-state index < -0.39 is 11.2 Å². The topological polar surface area (TPSA) is 139 Å². The zero-order valence-electron chi connectivity index (χ0n) is 20.4. The van der Waals surface area contributed by atoms with Gasteiger partial charge in [-0.2, -0.15) is 10.2 Å². The lowest BCUT2D eigenvalue weighted by Gasteiger charge is -2.43. The number of nitrogens with one attached hydrogen (secondary N) is 3. The molecule has 4 heterocycles. The van der Waals surface area contributed by atoms with Gasteiger partial charge in [-0.3, -0.25) is 14.9 Å². The predicted octanol–water partition coefficient (Wildman–Crippen LogP) is 3.44. The molecule has 0 unspecified atom stereocenters. The van der Waals surface area contributed by atoms with Crippen LogP contribution in [0, 0.1) is 25.1 Å². The second kappa shape index (κ2) is 9.10. The van der Waals surface area contributed by atoms with Crippen molar-refractivity contribution in [3.05, 3.63) is 65.6 Å². The number of amides is 1. The van der Waals surface area contributed by atoms with Crippen LogP contribution in [0.4, 0.5) is 16.0 Å². The second-order valence-corrected chi connectivity index (χ2v) is 9.58. The summed E-state index contributed by atoms with van der Waals surface area (Å²) >= 11 is 0. The standard InChI is InChI=1S/C24H27FN10O/c1-13-5-19(31-20-6-14(2)33-34-20)32-22(29-13)16-7-24(4,8-16)23(36)30-15(3)18-10-27-21(11-26-18)35-12-17(25)9-28-35/h5-6,9-12,15-16H,7-8H2,1-4H3,(H,30,36)(H2,29,31,32,33,34)/t15-,16?,24?/m0/s1. The molecule has 0 aliphatic heterocycles. The summed E-state index contributed by atoms with van der Waals surface area (Å²) in [5, 5.41) is 17.2. The summed E-state index contributed by atoms with van der Waals surface area (Å²) in [7, 11) is 0. The van der Waals surface area contributed by atoms with Crippen molar-refractivity contribution in [3.8, 4) is 5.82 Å². The van der Waals surface area contributed by atoms with Gasteiger partial charge in [0, 0.05) is 34.9 Å². The number of aromatic amines is 1. The Morgan fingerprint density at radius 1 is 1.17 bits per heavy atom. The minimum Gasteiger partial charge on any atom is -0.347 e. The van der Waals surface area contributed by atoms with Gasteiger partial charge in [0.05, 0.1) is 36.5 Å². The van der Waals surface area contributed by atoms with E-state index in [1.54, 1.807) is 6.20 Å². The molecular formula is C24H27FN10O. The summed E-state index contributed by atoms with van der Waals surface area (Å²) < 4.78 is 14.5. The van der Waals surface area contributed by atoms with Gasteiger partial charge in [0.1, 0.15) is 11.6 Å². The van der Waals surface area contributed by atoms with Gasteiger partial charge < -0.3 is 10.6 Å². The molecule has 4 aromatic rings. The van der Waals surface area contributed by atoms with Crippen LogP contribution >= 0.6 is 0 Å². The molecular weight excluding hydrogens is 463 g/mol. The van der Waals surface area contributed by atoms with Gasteiger partial charge in [0.2, 0.25) is 5.91 Å². The number of nitrogens with zero attached hydrogens (tertiary/aromatic N) is 7. The molecule has 0 bridgehead atoms. The van der Waals surface area contributed by atoms with E-state index in [1.807, 2.05) is 39.8 Å². The van der Waals surface area contributed by atoms with E-state index in [0.717, 1.165) is 23.4 Å². The fourth-order valence-corrected chi connectivity index (χ4v) is 4.39. The second-order valence-electron chi connectivity index (χ2n) is 9.58. The molecule has 1 amide bonds. The Hall–Kier alpha value is -4.22. The highest BCUT2D eigenvalue weighted by Gasteiger charge is 2.48. The van der Waals surface area contributed by atoms with Gasteiger partial charge in [-0.1, -0.05) is 6.92 Å². The van der Waals surface area contributed by atoms with Crippen LogP contribution in [0.15, 0.2) is 36.9 Å². The summed E-state index contributed by atoms with van der Waals surface area (Å²) in [4.78, 5) is 31.0. The van der Waals surface area contributed by atoms with Gasteiger partial charge >= 0.3 is 0 Å². The lowest BCUT2D eigenvalue weighted by atomic mass is 9.62. The van der Waals surface area contributed by atoms with Crippen molar-refractivity contribution in [3.63, 3.8) is 0 Å². The quantitative estimate of drug-likeness (QED) is 0.358. The van der Waals surface area contributed by atoms with E-state index in [4.69, 9.17) is 0 Å². The number of H-pyrrole nitrogens is 1. The molecule has 186 valence electrons. The largest absolute Gasteiger partial charge is 0.347 e. The van der Waals surface area contributed by atoms with Crippen molar-refractivity contribution >= 4 is 17.5 Å². The first kappa shape index (κ1) is 23.5. The minimum atomic E-state index is -0.529. The first-order valence-electron chi connectivity index (χ1n) is 11.7. The summed E-state index contributed by atoms with van der Waals surface area (Å²) in [6, 6.07) is 3.43. The van der Waals surface area contributed by atoms with Crippen molar-refractivity contribution in [2.45, 2.75) is 52.5 Å². The molecule has 1 atom stereocenters. The maximum Gasteiger partial charge on any atom is 0.226 e. The first-order chi connectivity index (χ1) is 17.2. The average Bonchev–Trinajstić information content (AvgIpc) is 3.44. The Bertz CT molecular complexity index is 1390. The molecule has 1 saturated carbocycles. The Labute approximate surface area is 207 Å². The molecule has 36 heavy (non-hydrogen) atoms. The smallest absolute Gasteiger partial charge is 0.226 e. The van der Waals surface area contributed by atoms with E-state index in [1.165, 1.54) is 17.1 Å². The molecule has 11 nitrogen and oxygen atoms in total. The number of halogens is 1. The van der Waals surface area contributed by atoms with Crippen LogP contribution in [0.5, 0.6) is 0 Å². The van der Waals surface area contributed by atoms with Crippen LogP contribution in [0.1, 0.15) is 61.6 Å². The number of rotatable bonds is 7. The lowest BCUT2D eigenvalue weighted by molar-refractivity contribution is -0.136. The lowest BCUT2D eigenvalue weighted by Crippen LogP contribution is -2.47. The van der Waals surface area contributed by atoms with Crippen LogP contribution in [0.2, 0.25) is 0 Å². The molecule has 1 aliphatic rings. The predicted molar refractivity (Wildman–Crippen MR) is 129 cm³/mol. The minimum absolute atomic E-state index is 0.0516. The van der Waals surface area contributed by atoms with Crippen LogP contribution in [-0.2, 0) is 4.79 Å². The number of aromatic nitrogens is 8. The molecule has 5 rings (SSSR count). The van der Waals surface area contributed by atoms with Crippen molar-refractivity contribution < 1.29 is 9.18 Å². The number of hydrogen-bond donors (Lipinski definition) is 3. The molecule has 1 aliphatic carbocycles. The summed E-state index contributed by atoms with van der Waals surface area (Å²) in [5.41, 5.74) is 1.87. The monoisotopic (exact) mass is 490 g/mol. The third-order valence-corrected chi connectivity index (χ3v) is 6.38. The molecule has 3 N–H and O–H groups in total. The summed E-state index contributed by atoms with van der Waals surface area (Å²) in [6.45, 7) is 7.66. The normalized spacial score (nSPS) is 20.0. The van der Waals surface area contributed by atoms with E-state index in [-0.39, 0.29) is 17.9 Å². The van der Waals surface area contributed by atoms with Gasteiger partial charge in [-0.05, 0) is 33.6 Å².